The Kier molecular flexibility index (Phi) is 68.2. The number of ether oxygens (including phenoxy) is 6. The molecule has 17 unspecified atom stereocenters. The van der Waals surface area contributed by atoms with Crippen molar-refractivity contribution in [1.29, 1.82) is 0 Å². The molecule has 0 aromatic rings. The molecule has 3 rings (SSSR count). The first kappa shape index (κ1) is 106. The fourth-order valence-electron chi connectivity index (χ4n) is 15.2. The Labute approximate surface area is 697 Å². The van der Waals surface area contributed by atoms with E-state index in [0.29, 0.717) is 12.8 Å². The van der Waals surface area contributed by atoms with E-state index >= 15 is 0 Å². The maximum absolute atomic E-state index is 13.5. The molecule has 19 heteroatoms. The maximum Gasteiger partial charge on any atom is 0.220 e. The number of nitrogens with one attached hydrogen (secondary N) is 1. The van der Waals surface area contributed by atoms with Gasteiger partial charge in [-0.15, -0.1) is 0 Å². The third-order valence-corrected chi connectivity index (χ3v) is 22.6. The van der Waals surface area contributed by atoms with E-state index < -0.39 is 124 Å². The van der Waals surface area contributed by atoms with Crippen LogP contribution in [0, 0.1) is 0 Å². The molecule has 3 aliphatic heterocycles. The topological polar surface area (TPSA) is 307 Å². The third-order valence-electron chi connectivity index (χ3n) is 22.6. The molecule has 0 aromatic heterocycles. The lowest BCUT2D eigenvalue weighted by molar-refractivity contribution is -0.379. The molecule has 12 N–H and O–H groups in total. The Balaban J connectivity index is 1.33. The highest BCUT2D eigenvalue weighted by Gasteiger charge is 2.54. The van der Waals surface area contributed by atoms with Crippen LogP contribution in [0.3, 0.4) is 0 Å². The zero-order valence-corrected chi connectivity index (χ0v) is 72.0. The number of amides is 1. The van der Waals surface area contributed by atoms with Crippen molar-refractivity contribution in [2.24, 2.45) is 0 Å². The summed E-state index contributed by atoms with van der Waals surface area (Å²) in [5.41, 5.74) is 0. The molecular formula is C96H169NO18. The first-order valence-corrected chi connectivity index (χ1v) is 46.6. The summed E-state index contributed by atoms with van der Waals surface area (Å²) in [6.07, 6.45) is 78.2. The summed E-state index contributed by atoms with van der Waals surface area (Å²) in [6.45, 7) is 1.65. The number of hydrogen-bond donors (Lipinski definition) is 12. The van der Waals surface area contributed by atoms with E-state index in [-0.39, 0.29) is 18.9 Å². The largest absolute Gasteiger partial charge is 0.394 e. The SMILES string of the molecule is CC/C=C\C/C=C\C/C=C\C/C=C\C/C=C\C/C=C\C/C=C\CCCCCCCCCCCCCCCCCC(=O)NC(COC1OC(CO)C(OC2OC(CO)C(OC3OC(CO)C(O)C(O)C3O)C(O)C2O)C(O)C1O)C(O)/C=C/CC/C=C/CCCCCCCCCCCCCCCCCCCCCCCCCCCCC. The minimum atomic E-state index is -1.99. The fourth-order valence-corrected chi connectivity index (χ4v) is 15.2. The molecule has 17 atom stereocenters. The summed E-state index contributed by atoms with van der Waals surface area (Å²) >= 11 is 0. The van der Waals surface area contributed by atoms with Gasteiger partial charge in [-0.05, 0) is 89.9 Å². The fraction of sp³-hybridized carbons (Fsp3) is 0.802. The van der Waals surface area contributed by atoms with Gasteiger partial charge in [0.2, 0.25) is 5.91 Å². The van der Waals surface area contributed by atoms with Gasteiger partial charge in [-0.2, -0.15) is 0 Å². The number of aliphatic hydroxyl groups is 11. The van der Waals surface area contributed by atoms with Crippen LogP contribution in [0.4, 0.5) is 0 Å². The smallest absolute Gasteiger partial charge is 0.220 e. The predicted octanol–water partition coefficient (Wildman–Crippen LogP) is 18.4. The van der Waals surface area contributed by atoms with Crippen LogP contribution in [0.1, 0.15) is 361 Å². The predicted molar refractivity (Wildman–Crippen MR) is 466 cm³/mol. The van der Waals surface area contributed by atoms with E-state index in [1.165, 1.54) is 238 Å². The molecule has 19 nitrogen and oxygen atoms in total. The highest BCUT2D eigenvalue weighted by atomic mass is 16.8. The van der Waals surface area contributed by atoms with Crippen molar-refractivity contribution in [3.63, 3.8) is 0 Å². The molecule has 0 aliphatic carbocycles. The van der Waals surface area contributed by atoms with Gasteiger partial charge >= 0.3 is 0 Å². The Morgan fingerprint density at radius 2 is 0.609 bits per heavy atom. The standard InChI is InChI=1S/C96H169NO18/c1-3-5-7-9-11-13-15-17-19-21-23-25-27-29-31-33-35-37-38-39-40-42-44-46-48-50-52-54-56-58-60-62-64-66-68-70-72-74-84(102)97-79(80(101)73-71-69-67-65-63-61-59-57-55-53-51-49-47-45-43-41-36-34-32-30-28-26-24-22-20-18-16-14-12-10-8-6-4-2)78-110-94-90(108)87(105)92(82(76-99)112-94)115-96-91(109)88(106)93(83(77-100)113-96)114-95-89(107)86(104)85(103)81(75-98)111-95/h5,7,11,13,17,19,23,25,29,31,35,37,39-40,63,65,71,73,79-83,85-96,98-101,103-109H,3-4,6,8-10,12,14-16,18,20-22,24,26-28,30,32-34,36,38,41-62,64,66-70,72,74-78H2,1-2H3,(H,97,102)/b7-5-,13-11-,19-17-,25-23-,31-29-,37-35-,40-39-,65-63+,73-71+. The number of allylic oxidation sites excluding steroid dienone is 17. The van der Waals surface area contributed by atoms with Crippen LogP contribution in [0.25, 0.3) is 0 Å². The molecule has 3 saturated heterocycles. The lowest BCUT2D eigenvalue weighted by atomic mass is 9.96. The van der Waals surface area contributed by atoms with Crippen molar-refractivity contribution in [2.45, 2.75) is 465 Å². The Morgan fingerprint density at radius 3 is 0.974 bits per heavy atom. The van der Waals surface area contributed by atoms with Crippen LogP contribution in [0.2, 0.25) is 0 Å². The second-order valence-electron chi connectivity index (χ2n) is 32.7. The molecule has 0 saturated carbocycles. The molecule has 0 spiro atoms. The lowest BCUT2D eigenvalue weighted by Gasteiger charge is -2.48. The molecule has 666 valence electrons. The van der Waals surface area contributed by atoms with Gasteiger partial charge < -0.3 is 89.9 Å². The quantitative estimate of drug-likeness (QED) is 0.0199. The Hall–Kier alpha value is -3.55. The van der Waals surface area contributed by atoms with Gasteiger partial charge in [0.1, 0.15) is 73.2 Å². The first-order chi connectivity index (χ1) is 56.3. The normalized spacial score (nSPS) is 25.1. The second kappa shape index (κ2) is 74.3. The zero-order chi connectivity index (χ0) is 83.1. The van der Waals surface area contributed by atoms with Crippen molar-refractivity contribution >= 4 is 5.91 Å². The van der Waals surface area contributed by atoms with Gasteiger partial charge in [0.25, 0.3) is 0 Å². The molecule has 3 fully saturated rings. The summed E-state index contributed by atoms with van der Waals surface area (Å²) in [7, 11) is 0. The van der Waals surface area contributed by atoms with Crippen molar-refractivity contribution in [2.75, 3.05) is 26.4 Å². The summed E-state index contributed by atoms with van der Waals surface area (Å²) in [5, 5.41) is 121. The lowest BCUT2D eigenvalue weighted by Crippen LogP contribution is -2.66. The molecular weight excluding hydrogens is 1460 g/mol. The zero-order valence-electron chi connectivity index (χ0n) is 72.0. The van der Waals surface area contributed by atoms with E-state index in [2.05, 4.69) is 116 Å². The van der Waals surface area contributed by atoms with Crippen molar-refractivity contribution < 1.29 is 89.4 Å². The van der Waals surface area contributed by atoms with E-state index in [1.807, 2.05) is 6.08 Å². The molecule has 3 heterocycles. The summed E-state index contributed by atoms with van der Waals surface area (Å²) in [4.78, 5) is 13.5. The second-order valence-corrected chi connectivity index (χ2v) is 32.7. The molecule has 1 amide bonds. The molecule has 115 heavy (non-hydrogen) atoms. The average Bonchev–Trinajstić information content (AvgIpc) is 0.779. The minimum Gasteiger partial charge on any atom is -0.394 e. The summed E-state index contributed by atoms with van der Waals surface area (Å²) < 4.78 is 34.5. The Morgan fingerprint density at radius 1 is 0.322 bits per heavy atom. The van der Waals surface area contributed by atoms with Crippen LogP contribution in [0.5, 0.6) is 0 Å². The number of aliphatic hydroxyl groups excluding tert-OH is 11. The van der Waals surface area contributed by atoms with E-state index in [4.69, 9.17) is 28.4 Å². The van der Waals surface area contributed by atoms with Crippen molar-refractivity contribution in [1.82, 2.24) is 5.32 Å². The maximum atomic E-state index is 13.5. The molecule has 0 aromatic carbocycles. The van der Waals surface area contributed by atoms with Crippen LogP contribution >= 0.6 is 0 Å². The van der Waals surface area contributed by atoms with Gasteiger partial charge in [-0.3, -0.25) is 4.79 Å². The minimum absolute atomic E-state index is 0.231. The monoisotopic (exact) mass is 1620 g/mol. The third kappa shape index (κ3) is 52.4. The molecule has 3 aliphatic rings. The van der Waals surface area contributed by atoms with Crippen LogP contribution in [-0.2, 0) is 33.2 Å². The molecule has 0 radical (unpaired) electrons. The van der Waals surface area contributed by atoms with Gasteiger partial charge in [-0.1, -0.05) is 374 Å². The number of carbonyl (C=O) groups is 1. The Bertz CT molecular complexity index is 2500. The summed E-state index contributed by atoms with van der Waals surface area (Å²) in [5.74, 6) is -0.284. The van der Waals surface area contributed by atoms with Crippen LogP contribution < -0.4 is 5.32 Å². The number of hydrogen-bond acceptors (Lipinski definition) is 18. The number of unbranched alkanes of at least 4 members (excludes halogenated alkanes) is 43. The van der Waals surface area contributed by atoms with Crippen LogP contribution in [0.15, 0.2) is 109 Å². The highest BCUT2D eigenvalue weighted by molar-refractivity contribution is 5.76. The highest BCUT2D eigenvalue weighted by Crippen LogP contribution is 2.34. The van der Waals surface area contributed by atoms with Gasteiger partial charge in [0.05, 0.1) is 38.6 Å². The number of carbonyl (C=O) groups excluding carboxylic acids is 1. The van der Waals surface area contributed by atoms with E-state index in [0.717, 1.165) is 89.9 Å². The van der Waals surface area contributed by atoms with Crippen molar-refractivity contribution in [3.8, 4) is 0 Å². The summed E-state index contributed by atoms with van der Waals surface area (Å²) in [6, 6.07) is -0.999. The van der Waals surface area contributed by atoms with Crippen molar-refractivity contribution in [3.05, 3.63) is 109 Å². The van der Waals surface area contributed by atoms with Gasteiger partial charge in [0, 0.05) is 6.42 Å². The van der Waals surface area contributed by atoms with Gasteiger partial charge in [-0.25, -0.2) is 0 Å². The van der Waals surface area contributed by atoms with Gasteiger partial charge in [0.15, 0.2) is 18.9 Å². The van der Waals surface area contributed by atoms with E-state index in [9.17, 15) is 61.0 Å². The van der Waals surface area contributed by atoms with Crippen LogP contribution in [-0.4, -0.2) is 193 Å². The average molecular weight is 1630 g/mol. The molecule has 0 bridgehead atoms. The van der Waals surface area contributed by atoms with E-state index in [1.54, 1.807) is 6.08 Å². The first-order valence-electron chi connectivity index (χ1n) is 46.6. The number of rotatable bonds is 75.